The minimum Gasteiger partial charge on any atom is -0.122 e. The van der Waals surface area contributed by atoms with Crippen molar-refractivity contribution in [2.75, 3.05) is 5.88 Å². The molecule has 0 aliphatic rings. The molecule has 0 aromatic rings. The Balaban J connectivity index is 3.83. The molecule has 0 saturated carbocycles. The SMILES string of the molecule is CC/C(Cl)=C(\C)CCl. The summed E-state index contributed by atoms with van der Waals surface area (Å²) in [5.74, 6) is 0.548. The average Bonchev–Trinajstić information content (AvgIpc) is 1.84. The van der Waals surface area contributed by atoms with E-state index in [-0.39, 0.29) is 0 Å². The molecule has 0 aliphatic carbocycles. The van der Waals surface area contributed by atoms with Gasteiger partial charge < -0.3 is 0 Å². The molecule has 0 N–H and O–H groups in total. The third-order valence-corrected chi connectivity index (χ3v) is 1.96. The number of rotatable bonds is 2. The van der Waals surface area contributed by atoms with Gasteiger partial charge in [0, 0.05) is 10.9 Å². The maximum Gasteiger partial charge on any atom is 0.0445 e. The zero-order valence-corrected chi connectivity index (χ0v) is 6.68. The lowest BCUT2D eigenvalue weighted by molar-refractivity contribution is 1.15. The average molecular weight is 153 g/mol. The van der Waals surface area contributed by atoms with Gasteiger partial charge in [0.05, 0.1) is 0 Å². The molecular weight excluding hydrogens is 143 g/mol. The highest BCUT2D eigenvalue weighted by molar-refractivity contribution is 6.30. The van der Waals surface area contributed by atoms with Crippen LogP contribution in [0.15, 0.2) is 10.6 Å². The molecule has 0 fully saturated rings. The minimum absolute atomic E-state index is 0.548. The second kappa shape index (κ2) is 4.22. The molecule has 0 unspecified atom stereocenters. The molecule has 0 radical (unpaired) electrons. The molecule has 0 bridgehead atoms. The van der Waals surface area contributed by atoms with Gasteiger partial charge in [-0.05, 0) is 18.9 Å². The van der Waals surface area contributed by atoms with Gasteiger partial charge in [0.2, 0.25) is 0 Å². The van der Waals surface area contributed by atoms with Gasteiger partial charge in [-0.2, -0.15) is 0 Å². The summed E-state index contributed by atoms with van der Waals surface area (Å²) in [5.41, 5.74) is 1.08. The molecule has 0 amide bonds. The van der Waals surface area contributed by atoms with E-state index in [1.807, 2.05) is 13.8 Å². The summed E-state index contributed by atoms with van der Waals surface area (Å²) in [7, 11) is 0. The molecule has 8 heavy (non-hydrogen) atoms. The van der Waals surface area contributed by atoms with Gasteiger partial charge in [0.1, 0.15) is 0 Å². The van der Waals surface area contributed by atoms with E-state index in [0.717, 1.165) is 17.0 Å². The van der Waals surface area contributed by atoms with E-state index in [0.29, 0.717) is 5.88 Å². The van der Waals surface area contributed by atoms with Crippen LogP contribution >= 0.6 is 23.2 Å². The van der Waals surface area contributed by atoms with Crippen molar-refractivity contribution in [3.8, 4) is 0 Å². The van der Waals surface area contributed by atoms with Gasteiger partial charge in [0.25, 0.3) is 0 Å². The monoisotopic (exact) mass is 152 g/mol. The van der Waals surface area contributed by atoms with Crippen LogP contribution in [0.25, 0.3) is 0 Å². The van der Waals surface area contributed by atoms with E-state index in [1.54, 1.807) is 0 Å². The second-order valence-electron chi connectivity index (χ2n) is 1.67. The van der Waals surface area contributed by atoms with Gasteiger partial charge in [-0.25, -0.2) is 0 Å². The molecule has 48 valence electrons. The normalized spacial score (nSPS) is 13.5. The Bertz CT molecular complexity index is 82.7. The molecule has 0 heterocycles. The first-order chi connectivity index (χ1) is 3.72. The Morgan fingerprint density at radius 1 is 1.50 bits per heavy atom. The summed E-state index contributed by atoms with van der Waals surface area (Å²) in [6.45, 7) is 3.96. The van der Waals surface area contributed by atoms with Gasteiger partial charge in [0.15, 0.2) is 0 Å². The van der Waals surface area contributed by atoms with E-state index in [4.69, 9.17) is 23.2 Å². The predicted molar refractivity (Wildman–Crippen MR) is 39.6 cm³/mol. The third kappa shape index (κ3) is 2.58. The van der Waals surface area contributed by atoms with Crippen LogP contribution in [0.4, 0.5) is 0 Å². The highest BCUT2D eigenvalue weighted by Crippen LogP contribution is 2.13. The second-order valence-corrected chi connectivity index (χ2v) is 2.40. The molecule has 0 nitrogen and oxygen atoms in total. The Morgan fingerprint density at radius 2 is 2.00 bits per heavy atom. The van der Waals surface area contributed by atoms with Crippen molar-refractivity contribution in [2.24, 2.45) is 0 Å². The van der Waals surface area contributed by atoms with Crippen LogP contribution in [0.5, 0.6) is 0 Å². The zero-order chi connectivity index (χ0) is 6.57. The summed E-state index contributed by atoms with van der Waals surface area (Å²) in [5, 5.41) is 0.889. The maximum atomic E-state index is 5.71. The molecule has 2 heteroatoms. The Morgan fingerprint density at radius 3 is 2.12 bits per heavy atom. The van der Waals surface area contributed by atoms with Gasteiger partial charge >= 0.3 is 0 Å². The first-order valence-corrected chi connectivity index (χ1v) is 3.53. The van der Waals surface area contributed by atoms with Crippen molar-refractivity contribution >= 4 is 23.2 Å². The minimum atomic E-state index is 0.548. The molecule has 0 aromatic carbocycles. The zero-order valence-electron chi connectivity index (χ0n) is 5.17. The fourth-order valence-corrected chi connectivity index (χ4v) is 0.671. The van der Waals surface area contributed by atoms with Crippen molar-refractivity contribution in [3.05, 3.63) is 10.6 Å². The van der Waals surface area contributed by atoms with Gasteiger partial charge in [-0.1, -0.05) is 18.5 Å². The van der Waals surface area contributed by atoms with E-state index in [9.17, 15) is 0 Å². The molecular formula is C6H10Cl2. The molecule has 0 spiro atoms. The van der Waals surface area contributed by atoms with E-state index in [1.165, 1.54) is 0 Å². The van der Waals surface area contributed by atoms with E-state index in [2.05, 4.69) is 0 Å². The van der Waals surface area contributed by atoms with Crippen LogP contribution in [0.2, 0.25) is 0 Å². The maximum absolute atomic E-state index is 5.71. The van der Waals surface area contributed by atoms with E-state index >= 15 is 0 Å². The molecule has 0 aliphatic heterocycles. The quantitative estimate of drug-likeness (QED) is 0.534. The topological polar surface area (TPSA) is 0 Å². The highest BCUT2D eigenvalue weighted by atomic mass is 35.5. The molecule has 0 rings (SSSR count). The van der Waals surface area contributed by atoms with Crippen LogP contribution in [0.1, 0.15) is 20.3 Å². The summed E-state index contributed by atoms with van der Waals surface area (Å²) < 4.78 is 0. The van der Waals surface area contributed by atoms with Gasteiger partial charge in [-0.3, -0.25) is 0 Å². The number of alkyl halides is 1. The summed E-state index contributed by atoms with van der Waals surface area (Å²) in [4.78, 5) is 0. The third-order valence-electron chi connectivity index (χ3n) is 0.974. The molecule has 0 saturated heterocycles. The number of halogens is 2. The Hall–Kier alpha value is 0.320. The van der Waals surface area contributed by atoms with Crippen molar-refractivity contribution in [3.63, 3.8) is 0 Å². The van der Waals surface area contributed by atoms with Crippen molar-refractivity contribution in [1.29, 1.82) is 0 Å². The van der Waals surface area contributed by atoms with Crippen LogP contribution in [0.3, 0.4) is 0 Å². The van der Waals surface area contributed by atoms with Crippen molar-refractivity contribution in [1.82, 2.24) is 0 Å². The number of allylic oxidation sites excluding steroid dienone is 2. The van der Waals surface area contributed by atoms with Crippen LogP contribution < -0.4 is 0 Å². The largest absolute Gasteiger partial charge is 0.122 e. The van der Waals surface area contributed by atoms with Crippen LogP contribution in [0, 0.1) is 0 Å². The lowest BCUT2D eigenvalue weighted by atomic mass is 10.3. The van der Waals surface area contributed by atoms with Crippen LogP contribution in [-0.4, -0.2) is 5.88 Å². The fourth-order valence-electron chi connectivity index (χ4n) is 0.374. The van der Waals surface area contributed by atoms with Crippen molar-refractivity contribution < 1.29 is 0 Å². The van der Waals surface area contributed by atoms with E-state index < -0.39 is 0 Å². The number of hydrogen-bond donors (Lipinski definition) is 0. The smallest absolute Gasteiger partial charge is 0.0445 e. The summed E-state index contributed by atoms with van der Waals surface area (Å²) in [6.07, 6.45) is 0.889. The van der Waals surface area contributed by atoms with Crippen molar-refractivity contribution in [2.45, 2.75) is 20.3 Å². The lowest BCUT2D eigenvalue weighted by Crippen LogP contribution is -1.79. The Kier molecular flexibility index (Phi) is 4.39. The highest BCUT2D eigenvalue weighted by Gasteiger charge is 1.92. The summed E-state index contributed by atoms with van der Waals surface area (Å²) in [6, 6.07) is 0. The Labute approximate surface area is 60.5 Å². The predicted octanol–water partition coefficient (Wildman–Crippen LogP) is 3.15. The molecule has 0 atom stereocenters. The number of hydrogen-bond acceptors (Lipinski definition) is 0. The summed E-state index contributed by atoms with van der Waals surface area (Å²) >= 11 is 11.2. The van der Waals surface area contributed by atoms with Gasteiger partial charge in [-0.15, -0.1) is 11.6 Å². The fraction of sp³-hybridized carbons (Fsp3) is 0.667. The first kappa shape index (κ1) is 8.32. The standard InChI is InChI=1S/C6H10Cl2/c1-3-6(8)5(2)4-7/h3-4H2,1-2H3/b6-5-. The molecule has 0 aromatic heterocycles. The van der Waals surface area contributed by atoms with Crippen LogP contribution in [-0.2, 0) is 0 Å². The lowest BCUT2D eigenvalue weighted by Gasteiger charge is -1.95. The first-order valence-electron chi connectivity index (χ1n) is 2.62.